The minimum Gasteiger partial charge on any atom is -0.489 e. The van der Waals surface area contributed by atoms with Crippen molar-refractivity contribution in [2.75, 3.05) is 5.09 Å². The average Bonchev–Trinajstić information content (AvgIpc) is 2.89. The van der Waals surface area contributed by atoms with Gasteiger partial charge in [-0.05, 0) is 29.8 Å². The fraction of sp³-hybridized carbons (Fsp3) is 0.0345. The van der Waals surface area contributed by atoms with E-state index in [0.29, 0.717) is 18.1 Å². The molecule has 0 fully saturated rings. The van der Waals surface area contributed by atoms with Crippen molar-refractivity contribution >= 4 is 24.5 Å². The van der Waals surface area contributed by atoms with Crippen molar-refractivity contribution in [1.29, 1.82) is 0 Å². The Labute approximate surface area is 199 Å². The Balaban J connectivity index is 1.38. The first-order chi connectivity index (χ1) is 16.7. The van der Waals surface area contributed by atoms with Crippen LogP contribution >= 0.6 is 7.29 Å². The SMILES string of the molecule is O=P1(Nc2ccc(OCc3ccccc3)cc2)C=C(c2ccccc2)OC(c2ccccc2)=C1. The normalized spacial score (nSPS) is 14.4. The van der Waals surface area contributed by atoms with Gasteiger partial charge in [0.2, 0.25) is 7.29 Å². The Hall–Kier alpha value is -4.01. The second kappa shape index (κ2) is 9.86. The minimum atomic E-state index is -3.10. The highest BCUT2D eigenvalue weighted by atomic mass is 31.2. The van der Waals surface area contributed by atoms with Crippen LogP contribution in [-0.4, -0.2) is 0 Å². The van der Waals surface area contributed by atoms with E-state index in [1.165, 1.54) is 0 Å². The summed E-state index contributed by atoms with van der Waals surface area (Å²) in [6.45, 7) is 0.496. The van der Waals surface area contributed by atoms with Crippen molar-refractivity contribution in [1.82, 2.24) is 0 Å². The second-order valence-electron chi connectivity index (χ2n) is 7.94. The second-order valence-corrected chi connectivity index (χ2v) is 10.1. The third-order valence-corrected chi connectivity index (χ3v) is 7.20. The number of nitrogens with one attached hydrogen (secondary N) is 1. The smallest absolute Gasteiger partial charge is 0.220 e. The topological polar surface area (TPSA) is 47.6 Å². The van der Waals surface area contributed by atoms with Crippen LogP contribution in [0.1, 0.15) is 16.7 Å². The Morgan fingerprint density at radius 3 is 1.68 bits per heavy atom. The Bertz CT molecular complexity index is 1290. The Kier molecular flexibility index (Phi) is 6.33. The fourth-order valence-electron chi connectivity index (χ4n) is 3.66. The van der Waals surface area contributed by atoms with E-state index < -0.39 is 7.29 Å². The van der Waals surface area contributed by atoms with Crippen molar-refractivity contribution in [3.05, 3.63) is 144 Å². The van der Waals surface area contributed by atoms with E-state index in [1.807, 2.05) is 115 Å². The molecule has 1 heterocycles. The monoisotopic (exact) mass is 465 g/mol. The number of benzene rings is 4. The van der Waals surface area contributed by atoms with Crippen molar-refractivity contribution in [3.8, 4) is 5.75 Å². The molecule has 0 atom stereocenters. The van der Waals surface area contributed by atoms with Crippen molar-refractivity contribution in [2.24, 2.45) is 0 Å². The molecule has 4 aromatic rings. The number of rotatable bonds is 7. The molecule has 4 nitrogen and oxygen atoms in total. The van der Waals surface area contributed by atoms with Crippen molar-refractivity contribution in [3.63, 3.8) is 0 Å². The van der Waals surface area contributed by atoms with Crippen LogP contribution in [0.15, 0.2) is 127 Å². The molecule has 0 saturated heterocycles. The first-order valence-electron chi connectivity index (χ1n) is 11.1. The number of hydrogen-bond acceptors (Lipinski definition) is 3. The van der Waals surface area contributed by atoms with Gasteiger partial charge in [-0.2, -0.15) is 0 Å². The van der Waals surface area contributed by atoms with Gasteiger partial charge in [-0.25, -0.2) is 0 Å². The van der Waals surface area contributed by atoms with E-state index in [-0.39, 0.29) is 0 Å². The van der Waals surface area contributed by atoms with Crippen LogP contribution in [0.25, 0.3) is 11.5 Å². The highest BCUT2D eigenvalue weighted by molar-refractivity contribution is 7.72. The van der Waals surface area contributed by atoms with E-state index in [9.17, 15) is 4.57 Å². The third kappa shape index (κ3) is 5.31. The molecule has 0 bridgehead atoms. The summed E-state index contributed by atoms with van der Waals surface area (Å²) in [5, 5.41) is 3.22. The predicted octanol–water partition coefficient (Wildman–Crippen LogP) is 7.98. The van der Waals surface area contributed by atoms with Crippen LogP contribution < -0.4 is 9.82 Å². The molecular formula is C29H24NO3P. The maximum atomic E-state index is 14.0. The molecule has 34 heavy (non-hydrogen) atoms. The highest BCUT2D eigenvalue weighted by Crippen LogP contribution is 2.56. The summed E-state index contributed by atoms with van der Waals surface area (Å²) in [7, 11) is -3.10. The molecule has 1 aliphatic rings. The highest BCUT2D eigenvalue weighted by Gasteiger charge is 2.27. The summed E-state index contributed by atoms with van der Waals surface area (Å²) in [6.07, 6.45) is 0. The van der Waals surface area contributed by atoms with E-state index in [2.05, 4.69) is 5.09 Å². The quantitative estimate of drug-likeness (QED) is 0.281. The zero-order chi connectivity index (χ0) is 23.2. The summed E-state index contributed by atoms with van der Waals surface area (Å²) in [6, 6.07) is 37.0. The van der Waals surface area contributed by atoms with E-state index in [0.717, 1.165) is 28.1 Å². The van der Waals surface area contributed by atoms with E-state index >= 15 is 0 Å². The van der Waals surface area contributed by atoms with Crippen LogP contribution in [0, 0.1) is 0 Å². The van der Waals surface area contributed by atoms with Gasteiger partial charge in [-0.1, -0.05) is 91.0 Å². The first kappa shape index (κ1) is 21.8. The van der Waals surface area contributed by atoms with Gasteiger partial charge in [0.15, 0.2) is 0 Å². The van der Waals surface area contributed by atoms with Crippen LogP contribution in [0.2, 0.25) is 0 Å². The summed E-state index contributed by atoms with van der Waals surface area (Å²) >= 11 is 0. The zero-order valence-electron chi connectivity index (χ0n) is 18.5. The van der Waals surface area contributed by atoms with Crippen LogP contribution in [0.4, 0.5) is 5.69 Å². The lowest BCUT2D eigenvalue weighted by Crippen LogP contribution is -2.03. The van der Waals surface area contributed by atoms with Gasteiger partial charge < -0.3 is 14.6 Å². The molecule has 5 heteroatoms. The first-order valence-corrected chi connectivity index (χ1v) is 12.9. The molecule has 0 aliphatic carbocycles. The molecule has 1 aliphatic heterocycles. The number of hydrogen-bond donors (Lipinski definition) is 1. The number of ether oxygens (including phenoxy) is 2. The summed E-state index contributed by atoms with van der Waals surface area (Å²) in [5.74, 6) is 5.27. The Morgan fingerprint density at radius 2 is 1.15 bits per heavy atom. The summed E-state index contributed by atoms with van der Waals surface area (Å²) in [4.78, 5) is 0. The molecule has 0 amide bonds. The standard InChI is InChI=1S/C29H24NO3P/c31-34(30-26-16-18-27(19-17-26)32-20-23-10-4-1-5-11-23)21-28(24-12-6-2-7-13-24)33-29(22-34)25-14-8-3-9-15-25/h1-19,21-22H,20H2,(H,30,31). The van der Waals surface area contributed by atoms with Gasteiger partial charge in [0.05, 0.1) is 0 Å². The molecule has 0 unspecified atom stereocenters. The van der Waals surface area contributed by atoms with Gasteiger partial charge in [-0.3, -0.25) is 4.57 Å². The maximum Gasteiger partial charge on any atom is 0.220 e. The summed E-state index contributed by atoms with van der Waals surface area (Å²) in [5.41, 5.74) is 3.59. The molecule has 1 N–H and O–H groups in total. The third-order valence-electron chi connectivity index (χ3n) is 5.36. The molecule has 0 spiro atoms. The van der Waals surface area contributed by atoms with Gasteiger partial charge in [-0.15, -0.1) is 0 Å². The molecule has 0 saturated carbocycles. The molecule has 0 radical (unpaired) electrons. The van der Waals surface area contributed by atoms with E-state index in [1.54, 1.807) is 11.6 Å². The molecule has 4 aromatic carbocycles. The molecule has 5 rings (SSSR count). The lowest BCUT2D eigenvalue weighted by atomic mass is 10.2. The van der Waals surface area contributed by atoms with Crippen molar-refractivity contribution in [2.45, 2.75) is 6.61 Å². The van der Waals surface area contributed by atoms with Crippen LogP contribution in [0.3, 0.4) is 0 Å². The molecule has 0 aromatic heterocycles. The van der Waals surface area contributed by atoms with Crippen molar-refractivity contribution < 1.29 is 14.0 Å². The van der Waals surface area contributed by atoms with Gasteiger partial charge >= 0.3 is 0 Å². The maximum absolute atomic E-state index is 14.0. The van der Waals surface area contributed by atoms with Crippen LogP contribution in [-0.2, 0) is 15.9 Å². The summed E-state index contributed by atoms with van der Waals surface area (Å²) < 4.78 is 26.0. The fourth-order valence-corrected chi connectivity index (χ4v) is 5.52. The number of anilines is 1. The zero-order valence-corrected chi connectivity index (χ0v) is 19.4. The van der Waals surface area contributed by atoms with E-state index in [4.69, 9.17) is 9.47 Å². The van der Waals surface area contributed by atoms with Gasteiger partial charge in [0, 0.05) is 28.4 Å². The lowest BCUT2D eigenvalue weighted by Gasteiger charge is -2.24. The minimum absolute atomic E-state index is 0.496. The lowest BCUT2D eigenvalue weighted by molar-refractivity contribution is 0.306. The largest absolute Gasteiger partial charge is 0.489 e. The van der Waals surface area contributed by atoms with Gasteiger partial charge in [0.1, 0.15) is 23.9 Å². The predicted molar refractivity (Wildman–Crippen MR) is 138 cm³/mol. The molecular weight excluding hydrogens is 441 g/mol. The van der Waals surface area contributed by atoms with Crippen LogP contribution in [0.5, 0.6) is 5.75 Å². The molecule has 168 valence electrons. The Morgan fingerprint density at radius 1 is 0.647 bits per heavy atom. The average molecular weight is 465 g/mol. The van der Waals surface area contributed by atoms with Gasteiger partial charge in [0.25, 0.3) is 0 Å².